The van der Waals surface area contributed by atoms with Gasteiger partial charge in [-0.25, -0.2) is 0 Å². The first-order valence-corrected chi connectivity index (χ1v) is 16.2. The lowest BCUT2D eigenvalue weighted by atomic mass is 9.88. The Balaban J connectivity index is 1.07. The van der Waals surface area contributed by atoms with Crippen LogP contribution in [0, 0.1) is 5.92 Å². The summed E-state index contributed by atoms with van der Waals surface area (Å²) in [6, 6.07) is 18.2. The summed E-state index contributed by atoms with van der Waals surface area (Å²) in [5.41, 5.74) is 2.55. The van der Waals surface area contributed by atoms with Gasteiger partial charge in [0.15, 0.2) is 10.7 Å². The van der Waals surface area contributed by atoms with Crippen molar-refractivity contribution in [3.05, 3.63) is 89.2 Å². The van der Waals surface area contributed by atoms with Gasteiger partial charge in [-0.1, -0.05) is 12.1 Å². The van der Waals surface area contributed by atoms with Crippen LogP contribution >= 0.6 is 0 Å². The van der Waals surface area contributed by atoms with E-state index in [0.29, 0.717) is 68.1 Å². The molecule has 1 N–H and O–H groups in total. The van der Waals surface area contributed by atoms with Gasteiger partial charge in [0, 0.05) is 70.0 Å². The summed E-state index contributed by atoms with van der Waals surface area (Å²) < 4.78 is 20.2. The minimum absolute atomic E-state index is 0.0922. The average molecular weight is 618 g/mol. The third-order valence-electron chi connectivity index (χ3n) is 8.24. The van der Waals surface area contributed by atoms with E-state index in [-0.39, 0.29) is 23.5 Å². The second-order valence-corrected chi connectivity index (χ2v) is 12.4. The van der Waals surface area contributed by atoms with Crippen LogP contribution in [0.3, 0.4) is 0 Å². The van der Waals surface area contributed by atoms with Crippen LogP contribution in [-0.4, -0.2) is 94.8 Å². The number of hydrogen-bond acceptors (Lipinski definition) is 8. The van der Waals surface area contributed by atoms with Gasteiger partial charge in [-0.15, -0.1) is 4.72 Å². The number of ether oxygens (including phenoxy) is 1. The molecular formula is C33H39N5O5S. The topological polar surface area (TPSA) is 118 Å². The number of amides is 2. The number of piperazine rings is 1. The summed E-state index contributed by atoms with van der Waals surface area (Å²) in [4.78, 5) is 50.1. The van der Waals surface area contributed by atoms with Gasteiger partial charge in [-0.05, 0) is 73.9 Å². The van der Waals surface area contributed by atoms with Crippen LogP contribution in [0.1, 0.15) is 56.5 Å². The van der Waals surface area contributed by atoms with Crippen molar-refractivity contribution in [3.8, 4) is 5.75 Å². The summed E-state index contributed by atoms with van der Waals surface area (Å²) in [5, 5.41) is 0. The number of pyridine rings is 1. The van der Waals surface area contributed by atoms with Crippen LogP contribution in [0.4, 0.5) is 0 Å². The van der Waals surface area contributed by atoms with Crippen molar-refractivity contribution < 1.29 is 23.7 Å². The first-order valence-electron chi connectivity index (χ1n) is 15.1. The Labute approximate surface area is 261 Å². The van der Waals surface area contributed by atoms with Gasteiger partial charge >= 0.3 is 0 Å². The molecule has 3 heterocycles. The number of methoxy groups -OCH3 is 1. The molecule has 0 radical (unpaired) electrons. The molecule has 5 rings (SSSR count). The molecule has 2 amide bonds. The first-order chi connectivity index (χ1) is 21.4. The highest BCUT2D eigenvalue weighted by Crippen LogP contribution is 2.24. The molecule has 0 saturated carbocycles. The smallest absolute Gasteiger partial charge is 0.272 e. The molecule has 2 aromatic carbocycles. The fourth-order valence-electron chi connectivity index (χ4n) is 5.63. The number of carbonyl (C=O) groups excluding carboxylic acids is 3. The highest BCUT2D eigenvalue weighted by atomic mass is 32.2. The Kier molecular flexibility index (Phi) is 10.6. The van der Waals surface area contributed by atoms with Crippen LogP contribution in [-0.2, 0) is 17.9 Å². The van der Waals surface area contributed by atoms with Gasteiger partial charge in [0.2, 0.25) is 0 Å². The highest BCUT2D eigenvalue weighted by molar-refractivity contribution is 7.89. The normalized spacial score (nSPS) is 16.9. The van der Waals surface area contributed by atoms with E-state index in [1.165, 1.54) is 6.20 Å². The lowest BCUT2D eigenvalue weighted by molar-refractivity contribution is 0.0624. The van der Waals surface area contributed by atoms with Crippen LogP contribution in [0.15, 0.2) is 71.8 Å². The number of Topliss-reactive ketones (excluding diaryl/α,β-unsaturated/α-hetero) is 1. The van der Waals surface area contributed by atoms with Gasteiger partial charge in [0.25, 0.3) is 11.8 Å². The third kappa shape index (κ3) is 7.65. The van der Waals surface area contributed by atoms with Crippen LogP contribution in [0.2, 0.25) is 0 Å². The fraction of sp³-hybridized carbons (Fsp3) is 0.394. The number of nitrogens with one attached hydrogen (secondary N) is 1. The molecule has 1 atom stereocenters. The number of rotatable bonds is 10. The number of ketones is 1. The zero-order valence-corrected chi connectivity index (χ0v) is 26.1. The molecule has 1 aromatic heterocycles. The molecule has 232 valence electrons. The minimum Gasteiger partial charge on any atom is -0.593 e. The molecule has 0 spiro atoms. The molecule has 3 aromatic rings. The maximum absolute atomic E-state index is 13.2. The predicted molar refractivity (Wildman–Crippen MR) is 168 cm³/mol. The van der Waals surface area contributed by atoms with Crippen molar-refractivity contribution in [1.29, 1.82) is 0 Å². The predicted octanol–water partition coefficient (Wildman–Crippen LogP) is 3.42. The number of likely N-dealkylation sites (tertiary alicyclic amines) is 1. The zero-order valence-electron chi connectivity index (χ0n) is 25.2. The van der Waals surface area contributed by atoms with Crippen molar-refractivity contribution in [1.82, 2.24) is 24.4 Å². The van der Waals surface area contributed by atoms with Crippen molar-refractivity contribution >= 4 is 29.0 Å². The van der Waals surface area contributed by atoms with Crippen molar-refractivity contribution in [3.63, 3.8) is 0 Å². The van der Waals surface area contributed by atoms with Gasteiger partial charge in [0.05, 0.1) is 24.0 Å². The molecule has 44 heavy (non-hydrogen) atoms. The standard InChI is InChI=1S/C33H39N5O5S/c1-3-35-44(42)29-11-4-24(5-12-29)23-36-18-20-38(21-19-36)32(40)27-8-13-30(34-22-27)33(41)37-16-14-26(15-17-37)31(39)25-6-9-28(43-2)10-7-25/h4-13,22,26,35H,3,14-21,23H2,1-2H3. The maximum atomic E-state index is 13.2. The molecule has 2 saturated heterocycles. The zero-order chi connectivity index (χ0) is 31.1. The lowest BCUT2D eigenvalue weighted by Crippen LogP contribution is -2.48. The summed E-state index contributed by atoms with van der Waals surface area (Å²) in [6.07, 6.45) is 2.68. The average Bonchev–Trinajstić information content (AvgIpc) is 3.08. The van der Waals surface area contributed by atoms with E-state index in [1.54, 1.807) is 48.4 Å². The van der Waals surface area contributed by atoms with Crippen LogP contribution in [0.25, 0.3) is 0 Å². The molecule has 0 aliphatic carbocycles. The number of hydrogen-bond donors (Lipinski definition) is 1. The van der Waals surface area contributed by atoms with E-state index < -0.39 is 11.4 Å². The Hall–Kier alpha value is -3.77. The van der Waals surface area contributed by atoms with E-state index >= 15 is 0 Å². The SMILES string of the molecule is CCN[S+]([O-])c1ccc(CN2CCN(C(=O)c3ccc(C(=O)N4CCC(C(=O)c5ccc(OC)cc5)CC4)nc3)CC2)cc1. The maximum Gasteiger partial charge on any atom is 0.272 e. The molecule has 0 bridgehead atoms. The van der Waals surface area contributed by atoms with Gasteiger partial charge in [-0.3, -0.25) is 24.3 Å². The molecule has 2 aliphatic rings. The Morgan fingerprint density at radius 1 is 0.864 bits per heavy atom. The van der Waals surface area contributed by atoms with Gasteiger partial charge in [-0.2, -0.15) is 0 Å². The highest BCUT2D eigenvalue weighted by Gasteiger charge is 2.29. The summed E-state index contributed by atoms with van der Waals surface area (Å²) in [7, 11) is 1.59. The minimum atomic E-state index is -1.19. The molecular weight excluding hydrogens is 578 g/mol. The Morgan fingerprint density at radius 3 is 2.09 bits per heavy atom. The fourth-order valence-corrected chi connectivity index (χ4v) is 6.44. The van der Waals surface area contributed by atoms with E-state index in [4.69, 9.17) is 4.74 Å². The van der Waals surface area contributed by atoms with E-state index in [9.17, 15) is 18.9 Å². The van der Waals surface area contributed by atoms with Crippen LogP contribution < -0.4 is 9.46 Å². The second-order valence-electron chi connectivity index (χ2n) is 11.1. The number of carbonyl (C=O) groups is 3. The van der Waals surface area contributed by atoms with Crippen LogP contribution in [0.5, 0.6) is 5.75 Å². The van der Waals surface area contributed by atoms with Crippen molar-refractivity contribution in [2.24, 2.45) is 5.92 Å². The first kappa shape index (κ1) is 31.6. The number of piperidine rings is 1. The van der Waals surface area contributed by atoms with E-state index in [2.05, 4.69) is 14.6 Å². The monoisotopic (exact) mass is 617 g/mol. The van der Waals surface area contributed by atoms with Crippen molar-refractivity contribution in [2.75, 3.05) is 52.9 Å². The Morgan fingerprint density at radius 2 is 1.50 bits per heavy atom. The third-order valence-corrected chi connectivity index (χ3v) is 9.49. The summed E-state index contributed by atoms with van der Waals surface area (Å²) in [6.45, 7) is 7.00. The van der Waals surface area contributed by atoms with Crippen molar-refractivity contribution in [2.45, 2.75) is 31.2 Å². The molecule has 2 aliphatic heterocycles. The second kappa shape index (κ2) is 14.8. The van der Waals surface area contributed by atoms with Gasteiger partial charge in [0.1, 0.15) is 11.4 Å². The summed E-state index contributed by atoms with van der Waals surface area (Å²) >= 11 is -1.19. The lowest BCUT2D eigenvalue weighted by Gasteiger charge is -2.34. The molecule has 2 fully saturated rings. The number of aromatic nitrogens is 1. The quantitative estimate of drug-likeness (QED) is 0.272. The number of nitrogens with zero attached hydrogens (tertiary/aromatic N) is 4. The summed E-state index contributed by atoms with van der Waals surface area (Å²) in [5.74, 6) is 0.397. The molecule has 1 unspecified atom stereocenters. The molecule has 11 heteroatoms. The van der Waals surface area contributed by atoms with E-state index in [1.807, 2.05) is 36.1 Å². The van der Waals surface area contributed by atoms with Gasteiger partial charge < -0.3 is 19.1 Å². The molecule has 10 nitrogen and oxygen atoms in total. The largest absolute Gasteiger partial charge is 0.593 e. The Bertz CT molecular complexity index is 1420. The number of benzene rings is 2. The van der Waals surface area contributed by atoms with E-state index in [0.717, 1.165) is 30.1 Å².